The van der Waals surface area contributed by atoms with Gasteiger partial charge in [0.25, 0.3) is 0 Å². The van der Waals surface area contributed by atoms with Crippen LogP contribution in [0, 0.1) is 0 Å². The highest BCUT2D eigenvalue weighted by Gasteiger charge is 2.21. The second-order valence-corrected chi connectivity index (χ2v) is 6.03. The number of rotatable bonds is 6. The van der Waals surface area contributed by atoms with Crippen molar-refractivity contribution < 1.29 is 19.0 Å². The Labute approximate surface area is 135 Å². The Kier molecular flexibility index (Phi) is 5.25. The Morgan fingerprint density at radius 1 is 1.10 bits per heavy atom. The Bertz CT molecular complexity index is 651. The third-order valence-electron chi connectivity index (χ3n) is 3.02. The van der Waals surface area contributed by atoms with Gasteiger partial charge in [-0.3, -0.25) is 4.79 Å². The Morgan fingerprint density at radius 2 is 1.81 bits per heavy atom. The standard InChI is InChI=1S/C15H15BrO4S/c1-18-12-5-4-9(14(19-2)15(12)20-3)11(17)8-13-10(16)6-7-21-13/h4-7H,8H2,1-3H3. The maximum atomic E-state index is 12.5. The minimum atomic E-state index is -0.0315. The van der Waals surface area contributed by atoms with Crippen molar-refractivity contribution in [3.63, 3.8) is 0 Å². The first-order chi connectivity index (χ1) is 10.1. The van der Waals surface area contributed by atoms with Crippen molar-refractivity contribution in [3.8, 4) is 17.2 Å². The van der Waals surface area contributed by atoms with Gasteiger partial charge in [-0.25, -0.2) is 0 Å². The molecule has 0 amide bonds. The predicted molar refractivity (Wildman–Crippen MR) is 86.2 cm³/mol. The monoisotopic (exact) mass is 370 g/mol. The van der Waals surface area contributed by atoms with E-state index in [1.807, 2.05) is 11.4 Å². The van der Waals surface area contributed by atoms with E-state index in [9.17, 15) is 4.79 Å². The quantitative estimate of drug-likeness (QED) is 0.721. The summed E-state index contributed by atoms with van der Waals surface area (Å²) in [5.41, 5.74) is 0.482. The molecule has 0 fully saturated rings. The average Bonchev–Trinajstić information content (AvgIpc) is 2.90. The first kappa shape index (κ1) is 15.9. The minimum Gasteiger partial charge on any atom is -0.493 e. The van der Waals surface area contributed by atoms with Crippen LogP contribution in [0.1, 0.15) is 15.2 Å². The molecule has 0 aliphatic carbocycles. The summed E-state index contributed by atoms with van der Waals surface area (Å²) in [7, 11) is 4.57. The number of carbonyl (C=O) groups excluding carboxylic acids is 1. The molecule has 0 radical (unpaired) electrons. The highest BCUT2D eigenvalue weighted by Crippen LogP contribution is 2.40. The molecule has 0 aliphatic heterocycles. The summed E-state index contributed by atoms with van der Waals surface area (Å²) < 4.78 is 16.8. The maximum Gasteiger partial charge on any atom is 0.204 e. The zero-order valence-electron chi connectivity index (χ0n) is 11.9. The number of benzene rings is 1. The summed E-state index contributed by atoms with van der Waals surface area (Å²) >= 11 is 4.98. The van der Waals surface area contributed by atoms with Gasteiger partial charge in [-0.15, -0.1) is 11.3 Å². The van der Waals surface area contributed by atoms with Gasteiger partial charge in [-0.05, 0) is 39.5 Å². The highest BCUT2D eigenvalue weighted by atomic mass is 79.9. The van der Waals surface area contributed by atoms with Crippen molar-refractivity contribution in [2.24, 2.45) is 0 Å². The van der Waals surface area contributed by atoms with Crippen molar-refractivity contribution in [2.75, 3.05) is 21.3 Å². The summed E-state index contributed by atoms with van der Waals surface area (Å²) in [5, 5.41) is 1.94. The zero-order chi connectivity index (χ0) is 15.4. The molecule has 2 rings (SSSR count). The Hall–Kier alpha value is -1.53. The molecule has 112 valence electrons. The first-order valence-electron chi connectivity index (χ1n) is 6.16. The van der Waals surface area contributed by atoms with Gasteiger partial charge >= 0.3 is 0 Å². The van der Waals surface area contributed by atoms with Gasteiger partial charge in [0.05, 0.1) is 26.9 Å². The van der Waals surface area contributed by atoms with Crippen molar-refractivity contribution in [3.05, 3.63) is 38.5 Å². The fraction of sp³-hybridized carbons (Fsp3) is 0.267. The molecule has 1 aromatic heterocycles. The van der Waals surface area contributed by atoms with Gasteiger partial charge in [0.15, 0.2) is 17.3 Å². The molecule has 0 bridgehead atoms. The summed E-state index contributed by atoms with van der Waals surface area (Å²) in [6, 6.07) is 5.33. The van der Waals surface area contributed by atoms with Crippen LogP contribution in [-0.4, -0.2) is 27.1 Å². The van der Waals surface area contributed by atoms with Crippen LogP contribution in [0.2, 0.25) is 0 Å². The molecule has 0 spiro atoms. The zero-order valence-corrected chi connectivity index (χ0v) is 14.3. The summed E-state index contributed by atoms with van der Waals surface area (Å²) in [5.74, 6) is 1.32. The van der Waals surface area contributed by atoms with Crippen LogP contribution in [0.3, 0.4) is 0 Å². The van der Waals surface area contributed by atoms with Crippen LogP contribution in [0.4, 0.5) is 0 Å². The second-order valence-electron chi connectivity index (χ2n) is 4.17. The molecular formula is C15H15BrO4S. The van der Waals surface area contributed by atoms with Crippen molar-refractivity contribution >= 4 is 33.0 Å². The lowest BCUT2D eigenvalue weighted by molar-refractivity contribution is 0.0990. The lowest BCUT2D eigenvalue weighted by Crippen LogP contribution is -2.07. The maximum absolute atomic E-state index is 12.5. The van der Waals surface area contributed by atoms with E-state index >= 15 is 0 Å². The number of hydrogen-bond acceptors (Lipinski definition) is 5. The molecule has 4 nitrogen and oxygen atoms in total. The van der Waals surface area contributed by atoms with Gasteiger partial charge in [-0.2, -0.15) is 0 Å². The Morgan fingerprint density at radius 3 is 2.33 bits per heavy atom. The summed E-state index contributed by atoms with van der Waals surface area (Å²) in [6.45, 7) is 0. The largest absolute Gasteiger partial charge is 0.493 e. The Balaban J connectivity index is 2.39. The van der Waals surface area contributed by atoms with E-state index in [0.29, 0.717) is 29.2 Å². The molecule has 21 heavy (non-hydrogen) atoms. The number of thiophene rings is 1. The van der Waals surface area contributed by atoms with Crippen LogP contribution in [-0.2, 0) is 6.42 Å². The van der Waals surface area contributed by atoms with E-state index in [1.54, 1.807) is 19.2 Å². The van der Waals surface area contributed by atoms with Gasteiger partial charge in [-0.1, -0.05) is 0 Å². The van der Waals surface area contributed by atoms with Crippen LogP contribution in [0.25, 0.3) is 0 Å². The van der Waals surface area contributed by atoms with Gasteiger partial charge in [0.2, 0.25) is 5.75 Å². The normalized spacial score (nSPS) is 10.3. The van der Waals surface area contributed by atoms with Crippen LogP contribution in [0.15, 0.2) is 28.1 Å². The van der Waals surface area contributed by atoms with Gasteiger partial charge in [0.1, 0.15) is 0 Å². The SMILES string of the molecule is COc1ccc(C(=O)Cc2sccc2Br)c(OC)c1OC. The molecule has 0 saturated heterocycles. The van der Waals surface area contributed by atoms with Crippen molar-refractivity contribution in [1.29, 1.82) is 0 Å². The van der Waals surface area contributed by atoms with E-state index in [-0.39, 0.29) is 5.78 Å². The molecular weight excluding hydrogens is 356 g/mol. The number of carbonyl (C=O) groups is 1. The molecule has 0 aliphatic rings. The van der Waals surface area contributed by atoms with Crippen LogP contribution in [0.5, 0.6) is 17.2 Å². The third-order valence-corrected chi connectivity index (χ3v) is 4.94. The van der Waals surface area contributed by atoms with E-state index in [2.05, 4.69) is 15.9 Å². The van der Waals surface area contributed by atoms with Gasteiger partial charge < -0.3 is 14.2 Å². The second kappa shape index (κ2) is 6.95. The lowest BCUT2D eigenvalue weighted by atomic mass is 10.1. The van der Waals surface area contributed by atoms with Crippen LogP contribution >= 0.6 is 27.3 Å². The average molecular weight is 371 g/mol. The number of Topliss-reactive ketones (excluding diaryl/α,β-unsaturated/α-hetero) is 1. The molecule has 0 saturated carbocycles. The molecule has 6 heteroatoms. The minimum absolute atomic E-state index is 0.0315. The van der Waals surface area contributed by atoms with Crippen molar-refractivity contribution in [1.82, 2.24) is 0 Å². The van der Waals surface area contributed by atoms with Crippen molar-refractivity contribution in [2.45, 2.75) is 6.42 Å². The topological polar surface area (TPSA) is 44.8 Å². The molecule has 2 aromatic rings. The van der Waals surface area contributed by atoms with E-state index in [0.717, 1.165) is 9.35 Å². The smallest absolute Gasteiger partial charge is 0.204 e. The molecule has 0 unspecified atom stereocenters. The summed E-state index contributed by atoms with van der Waals surface area (Å²) in [6.07, 6.45) is 0.310. The van der Waals surface area contributed by atoms with E-state index in [1.165, 1.54) is 25.6 Å². The number of hydrogen-bond donors (Lipinski definition) is 0. The highest BCUT2D eigenvalue weighted by molar-refractivity contribution is 9.10. The fourth-order valence-corrected chi connectivity index (χ4v) is 3.50. The van der Waals surface area contributed by atoms with Gasteiger partial charge in [0, 0.05) is 15.8 Å². The fourth-order valence-electron chi connectivity index (χ4n) is 2.01. The molecule has 1 heterocycles. The predicted octanol–water partition coefficient (Wildman–Crippen LogP) is 3.96. The number of methoxy groups -OCH3 is 3. The molecule has 0 N–H and O–H groups in total. The lowest BCUT2D eigenvalue weighted by Gasteiger charge is -2.15. The number of ketones is 1. The van der Waals surface area contributed by atoms with E-state index < -0.39 is 0 Å². The third kappa shape index (κ3) is 3.22. The molecule has 1 aromatic carbocycles. The molecule has 0 atom stereocenters. The van der Waals surface area contributed by atoms with E-state index in [4.69, 9.17) is 14.2 Å². The van der Waals surface area contributed by atoms with Crippen LogP contribution < -0.4 is 14.2 Å². The number of halogens is 1. The first-order valence-corrected chi connectivity index (χ1v) is 7.83. The summed E-state index contributed by atoms with van der Waals surface area (Å²) in [4.78, 5) is 13.5. The number of ether oxygens (including phenoxy) is 3.